The SMILES string of the molecule is C=CC(=O)OCC1CO1.O=C(O)c1ccccc1C(=O)OCCO. The molecule has 1 aromatic carbocycles. The molecule has 0 aromatic heterocycles. The number of hydrogen-bond acceptors (Lipinski definition) is 7. The fourth-order valence-corrected chi connectivity index (χ4v) is 1.46. The van der Waals surface area contributed by atoms with E-state index < -0.39 is 11.9 Å². The molecule has 2 N–H and O–H groups in total. The van der Waals surface area contributed by atoms with E-state index in [1.54, 1.807) is 6.07 Å². The van der Waals surface area contributed by atoms with Crippen LogP contribution in [0.25, 0.3) is 0 Å². The summed E-state index contributed by atoms with van der Waals surface area (Å²) in [7, 11) is 0. The topological polar surface area (TPSA) is 123 Å². The van der Waals surface area contributed by atoms with Gasteiger partial charge in [-0.15, -0.1) is 0 Å². The van der Waals surface area contributed by atoms with Crippen LogP contribution in [0.5, 0.6) is 0 Å². The van der Waals surface area contributed by atoms with E-state index in [9.17, 15) is 14.4 Å². The van der Waals surface area contributed by atoms with Gasteiger partial charge >= 0.3 is 17.9 Å². The second kappa shape index (κ2) is 10.1. The minimum atomic E-state index is -1.19. The molecule has 0 bridgehead atoms. The van der Waals surface area contributed by atoms with E-state index in [1.165, 1.54) is 18.2 Å². The maximum absolute atomic E-state index is 11.3. The number of aromatic carboxylic acids is 1. The molecule has 0 amide bonds. The summed E-state index contributed by atoms with van der Waals surface area (Å²) < 4.78 is 14.0. The number of benzene rings is 1. The Morgan fingerprint density at radius 2 is 1.88 bits per heavy atom. The van der Waals surface area contributed by atoms with Crippen molar-refractivity contribution in [1.29, 1.82) is 0 Å². The first-order chi connectivity index (χ1) is 11.5. The number of aliphatic hydroxyl groups excluding tert-OH is 1. The van der Waals surface area contributed by atoms with Crippen LogP contribution in [0.3, 0.4) is 0 Å². The van der Waals surface area contributed by atoms with Crippen LogP contribution in [0.4, 0.5) is 0 Å². The molecule has 2 rings (SSSR count). The summed E-state index contributed by atoms with van der Waals surface area (Å²) in [5.41, 5.74) is -0.126. The third-order valence-electron chi connectivity index (χ3n) is 2.68. The van der Waals surface area contributed by atoms with Crippen molar-refractivity contribution in [3.05, 3.63) is 48.0 Å². The monoisotopic (exact) mass is 338 g/mol. The summed E-state index contributed by atoms with van der Waals surface area (Å²) in [4.78, 5) is 32.4. The second-order valence-electron chi connectivity index (χ2n) is 4.50. The van der Waals surface area contributed by atoms with Gasteiger partial charge in [-0.25, -0.2) is 14.4 Å². The third kappa shape index (κ3) is 7.03. The van der Waals surface area contributed by atoms with E-state index in [4.69, 9.17) is 14.9 Å². The van der Waals surface area contributed by atoms with Gasteiger partial charge in [0, 0.05) is 6.08 Å². The van der Waals surface area contributed by atoms with Crippen molar-refractivity contribution in [2.24, 2.45) is 0 Å². The van der Waals surface area contributed by atoms with Gasteiger partial charge in [0.1, 0.15) is 19.3 Å². The van der Waals surface area contributed by atoms with Crippen molar-refractivity contribution in [1.82, 2.24) is 0 Å². The largest absolute Gasteiger partial charge is 0.478 e. The van der Waals surface area contributed by atoms with Gasteiger partial charge < -0.3 is 24.4 Å². The molecule has 1 aliphatic rings. The molecule has 1 saturated heterocycles. The highest BCUT2D eigenvalue weighted by Gasteiger charge is 2.23. The summed E-state index contributed by atoms with van der Waals surface area (Å²) in [6.07, 6.45) is 1.29. The Labute approximate surface area is 138 Å². The number of esters is 2. The van der Waals surface area contributed by atoms with E-state index in [2.05, 4.69) is 16.1 Å². The Morgan fingerprint density at radius 1 is 1.25 bits per heavy atom. The second-order valence-corrected chi connectivity index (χ2v) is 4.50. The van der Waals surface area contributed by atoms with Crippen LogP contribution in [0, 0.1) is 0 Å². The van der Waals surface area contributed by atoms with E-state index in [0.29, 0.717) is 13.2 Å². The molecule has 1 aromatic rings. The van der Waals surface area contributed by atoms with Gasteiger partial charge in [0.2, 0.25) is 0 Å². The van der Waals surface area contributed by atoms with Crippen LogP contribution >= 0.6 is 0 Å². The zero-order valence-electron chi connectivity index (χ0n) is 12.8. The predicted molar refractivity (Wildman–Crippen MR) is 81.7 cm³/mol. The fraction of sp³-hybridized carbons (Fsp3) is 0.312. The molecule has 1 atom stereocenters. The number of aliphatic hydroxyl groups is 1. The van der Waals surface area contributed by atoms with Crippen molar-refractivity contribution in [3.63, 3.8) is 0 Å². The number of hydrogen-bond donors (Lipinski definition) is 2. The molecular weight excluding hydrogens is 320 g/mol. The average Bonchev–Trinajstić information content (AvgIpc) is 3.42. The first kappa shape index (κ1) is 19.3. The molecule has 1 unspecified atom stereocenters. The first-order valence-corrected chi connectivity index (χ1v) is 7.00. The highest BCUT2D eigenvalue weighted by molar-refractivity contribution is 6.02. The fourth-order valence-electron chi connectivity index (χ4n) is 1.46. The molecule has 8 nitrogen and oxygen atoms in total. The quantitative estimate of drug-likeness (QED) is 0.422. The van der Waals surface area contributed by atoms with E-state index in [-0.39, 0.29) is 36.4 Å². The number of carbonyl (C=O) groups excluding carboxylic acids is 2. The zero-order valence-corrected chi connectivity index (χ0v) is 12.8. The standard InChI is InChI=1S/C10H10O5.C6H8O3/c11-5-6-15-10(14)8-4-2-1-3-7(8)9(12)13;1-2-6(7)9-4-5-3-8-5/h1-4,11H,5-6H2,(H,12,13);2,5H,1,3-4H2. The molecule has 0 saturated carbocycles. The minimum absolute atomic E-state index is 0.0153. The van der Waals surface area contributed by atoms with Crippen molar-refractivity contribution >= 4 is 17.9 Å². The van der Waals surface area contributed by atoms with E-state index >= 15 is 0 Å². The van der Waals surface area contributed by atoms with Crippen molar-refractivity contribution < 1.29 is 38.8 Å². The number of ether oxygens (including phenoxy) is 3. The van der Waals surface area contributed by atoms with E-state index in [0.717, 1.165) is 6.08 Å². The van der Waals surface area contributed by atoms with Gasteiger partial charge in [0.15, 0.2) is 0 Å². The maximum atomic E-state index is 11.3. The highest BCUT2D eigenvalue weighted by atomic mass is 16.6. The minimum Gasteiger partial charge on any atom is -0.478 e. The van der Waals surface area contributed by atoms with E-state index in [1.807, 2.05) is 0 Å². The maximum Gasteiger partial charge on any atom is 0.339 e. The lowest BCUT2D eigenvalue weighted by molar-refractivity contribution is -0.138. The first-order valence-electron chi connectivity index (χ1n) is 7.00. The van der Waals surface area contributed by atoms with Crippen LogP contribution in [0.15, 0.2) is 36.9 Å². The molecule has 0 radical (unpaired) electrons. The lowest BCUT2D eigenvalue weighted by Crippen LogP contribution is -2.13. The molecule has 1 aliphatic heterocycles. The summed E-state index contributed by atoms with van der Waals surface area (Å²) >= 11 is 0. The van der Waals surface area contributed by atoms with Gasteiger partial charge in [-0.1, -0.05) is 18.7 Å². The Balaban J connectivity index is 0.000000272. The number of carboxylic acid groups (broad SMARTS) is 1. The van der Waals surface area contributed by atoms with Crippen molar-refractivity contribution in [2.75, 3.05) is 26.4 Å². The summed E-state index contributed by atoms with van der Waals surface area (Å²) in [6, 6.07) is 5.75. The van der Waals surface area contributed by atoms with Crippen LogP contribution in [-0.2, 0) is 19.0 Å². The predicted octanol–water partition coefficient (Wildman–Crippen LogP) is 0.648. The highest BCUT2D eigenvalue weighted by Crippen LogP contribution is 2.10. The number of epoxide rings is 1. The number of carbonyl (C=O) groups is 3. The smallest absolute Gasteiger partial charge is 0.339 e. The molecular formula is C16H18O8. The van der Waals surface area contributed by atoms with Gasteiger partial charge in [-0.05, 0) is 12.1 Å². The lowest BCUT2D eigenvalue weighted by Gasteiger charge is -2.05. The Hall–Kier alpha value is -2.71. The van der Waals surface area contributed by atoms with Crippen LogP contribution in [0.1, 0.15) is 20.7 Å². The normalized spacial score (nSPS) is 14.6. The van der Waals surface area contributed by atoms with Gasteiger partial charge in [0.05, 0.1) is 24.3 Å². The molecule has 0 aliphatic carbocycles. The number of rotatable bonds is 7. The van der Waals surface area contributed by atoms with Crippen molar-refractivity contribution in [3.8, 4) is 0 Å². The zero-order chi connectivity index (χ0) is 17.9. The summed E-state index contributed by atoms with van der Waals surface area (Å²) in [5, 5.41) is 17.2. The van der Waals surface area contributed by atoms with Crippen LogP contribution in [-0.4, -0.2) is 60.7 Å². The summed E-state index contributed by atoms with van der Waals surface area (Å²) in [6.45, 7) is 3.89. The van der Waals surface area contributed by atoms with Crippen LogP contribution < -0.4 is 0 Å². The van der Waals surface area contributed by atoms with Gasteiger partial charge in [0.25, 0.3) is 0 Å². The average molecular weight is 338 g/mol. The molecule has 1 fully saturated rings. The lowest BCUT2D eigenvalue weighted by atomic mass is 10.1. The molecule has 130 valence electrons. The summed E-state index contributed by atoms with van der Waals surface area (Å²) in [5.74, 6) is -2.32. The molecule has 1 heterocycles. The molecule has 0 spiro atoms. The molecule has 24 heavy (non-hydrogen) atoms. The Bertz CT molecular complexity index is 591. The molecule has 8 heteroatoms. The van der Waals surface area contributed by atoms with Gasteiger partial charge in [-0.2, -0.15) is 0 Å². The number of carboxylic acids is 1. The van der Waals surface area contributed by atoms with Crippen LogP contribution in [0.2, 0.25) is 0 Å². The Kier molecular flexibility index (Phi) is 8.17. The van der Waals surface area contributed by atoms with Crippen molar-refractivity contribution in [2.45, 2.75) is 6.10 Å². The Morgan fingerprint density at radius 3 is 2.38 bits per heavy atom. The third-order valence-corrected chi connectivity index (χ3v) is 2.68. The van der Waals surface area contributed by atoms with Gasteiger partial charge in [-0.3, -0.25) is 0 Å².